The van der Waals surface area contributed by atoms with Crippen molar-refractivity contribution in [3.63, 3.8) is 0 Å². The molecule has 5 heterocycles. The van der Waals surface area contributed by atoms with E-state index in [0.29, 0.717) is 72.6 Å². The van der Waals surface area contributed by atoms with E-state index in [9.17, 15) is 14.4 Å². The number of benzene rings is 2. The highest BCUT2D eigenvalue weighted by Crippen LogP contribution is 2.44. The maximum atomic E-state index is 13.3. The maximum absolute atomic E-state index is 13.3. The third kappa shape index (κ3) is 7.84. The van der Waals surface area contributed by atoms with Gasteiger partial charge < -0.3 is 26.0 Å². The molecular formula is C42H43Cl2N7O4. The van der Waals surface area contributed by atoms with Gasteiger partial charge in [0.1, 0.15) is 5.65 Å². The second-order valence-corrected chi connectivity index (χ2v) is 15.5. The Morgan fingerprint density at radius 1 is 0.836 bits per heavy atom. The second kappa shape index (κ2) is 16.1. The summed E-state index contributed by atoms with van der Waals surface area (Å²) in [4.78, 5) is 45.9. The van der Waals surface area contributed by atoms with Crippen molar-refractivity contribution in [1.29, 1.82) is 0 Å². The van der Waals surface area contributed by atoms with E-state index in [4.69, 9.17) is 32.9 Å². The van der Waals surface area contributed by atoms with Gasteiger partial charge in [0.25, 0.3) is 5.56 Å². The first-order valence-corrected chi connectivity index (χ1v) is 19.6. The van der Waals surface area contributed by atoms with E-state index in [1.165, 1.54) is 11.1 Å². The Labute approximate surface area is 329 Å². The van der Waals surface area contributed by atoms with Crippen LogP contribution in [-0.4, -0.2) is 58.5 Å². The molecule has 3 aliphatic rings. The summed E-state index contributed by atoms with van der Waals surface area (Å²) in [5.74, 6) is 0.953. The van der Waals surface area contributed by atoms with Crippen LogP contribution in [0.4, 0.5) is 0 Å². The first-order valence-electron chi connectivity index (χ1n) is 18.9. The van der Waals surface area contributed by atoms with Crippen LogP contribution in [0.1, 0.15) is 66.0 Å². The van der Waals surface area contributed by atoms with Crippen molar-refractivity contribution in [1.82, 2.24) is 35.6 Å². The molecule has 2 aromatic carbocycles. The zero-order chi connectivity index (χ0) is 38.1. The van der Waals surface area contributed by atoms with Gasteiger partial charge in [0.15, 0.2) is 0 Å². The number of halogens is 2. The lowest BCUT2D eigenvalue weighted by atomic mass is 9.91. The minimum Gasteiger partial charge on any atom is -0.481 e. The molecule has 11 nitrogen and oxygen atoms in total. The number of ether oxygens (including phenoxy) is 1. The van der Waals surface area contributed by atoms with Crippen molar-refractivity contribution in [3.05, 3.63) is 115 Å². The lowest BCUT2D eigenvalue weighted by molar-refractivity contribution is -0.120. The van der Waals surface area contributed by atoms with E-state index in [0.717, 1.165) is 59.2 Å². The number of methoxy groups -OCH3 is 1. The van der Waals surface area contributed by atoms with Crippen molar-refractivity contribution >= 4 is 40.7 Å². The van der Waals surface area contributed by atoms with Crippen molar-refractivity contribution in [2.24, 2.45) is 0 Å². The van der Waals surface area contributed by atoms with E-state index >= 15 is 0 Å². The first-order chi connectivity index (χ1) is 26.7. The lowest BCUT2D eigenvalue weighted by Gasteiger charge is -2.17. The molecule has 55 heavy (non-hydrogen) atoms. The van der Waals surface area contributed by atoms with E-state index in [2.05, 4.69) is 50.5 Å². The number of fused-ring (bicyclic) bond motifs is 2. The number of hydrogen-bond donors (Lipinski definition) is 4. The standard InChI is InChI=1S/C42H43Cl2N7O4/c1-55-41-26(19-45-22-28-9-12-38(52)48-28)16-35(43)36(50-41)17-24-8-11-33-30(24)4-2-6-32(33)34-7-3-5-31(40(34)44)25-14-15-51-37(18-25)47-21-27(42(51)54)20-46-23-29-10-13-39(53)49-29/h2-7,14-16,18,21,24,28-29,45-46H,8-13,17,19-20,22-23H2,1H3,(H,48,52)(H,49,53)/t24-,28?,29?/m0/s1. The number of carbonyl (C=O) groups excluding carboxylic acids is 2. The summed E-state index contributed by atoms with van der Waals surface area (Å²) < 4.78 is 7.25. The molecule has 2 saturated heterocycles. The SMILES string of the molecule is COc1nc(C[C@@H]2CCc3c(-c4cccc(-c5ccn6c(=O)c(CNCC7CCC(=O)N7)cnc6c5)c4Cl)cccc32)c(Cl)cc1CNCC1CCC(=O)N1. The zero-order valence-corrected chi connectivity index (χ0v) is 32.1. The molecule has 2 unspecified atom stereocenters. The number of nitrogens with zero attached hydrogens (tertiary/aromatic N) is 3. The highest BCUT2D eigenvalue weighted by molar-refractivity contribution is 6.36. The molecule has 4 N–H and O–H groups in total. The van der Waals surface area contributed by atoms with Gasteiger partial charge in [-0.15, -0.1) is 0 Å². The molecule has 0 saturated carbocycles. The van der Waals surface area contributed by atoms with Gasteiger partial charge in [-0.25, -0.2) is 9.97 Å². The van der Waals surface area contributed by atoms with Crippen LogP contribution in [0.25, 0.3) is 27.9 Å². The molecule has 0 radical (unpaired) electrons. The van der Waals surface area contributed by atoms with E-state index < -0.39 is 0 Å². The summed E-state index contributed by atoms with van der Waals surface area (Å²) in [5, 5.41) is 13.9. The van der Waals surface area contributed by atoms with Crippen LogP contribution in [0, 0.1) is 0 Å². The number of pyridine rings is 2. The van der Waals surface area contributed by atoms with Gasteiger partial charge in [-0.1, -0.05) is 59.6 Å². The third-order valence-electron chi connectivity index (χ3n) is 11.1. The zero-order valence-electron chi connectivity index (χ0n) is 30.6. The molecule has 1 aliphatic carbocycles. The molecule has 0 spiro atoms. The van der Waals surface area contributed by atoms with Gasteiger partial charge in [-0.05, 0) is 78.5 Å². The Balaban J connectivity index is 0.985. The normalized spacial score (nSPS) is 19.1. The molecular weight excluding hydrogens is 737 g/mol. The topological polar surface area (TPSA) is 139 Å². The summed E-state index contributed by atoms with van der Waals surface area (Å²) in [6, 6.07) is 18.5. The minimum absolute atomic E-state index is 0.0691. The van der Waals surface area contributed by atoms with Gasteiger partial charge >= 0.3 is 0 Å². The van der Waals surface area contributed by atoms with E-state index in [1.54, 1.807) is 23.9 Å². The second-order valence-electron chi connectivity index (χ2n) is 14.7. The number of aromatic nitrogens is 3. The van der Waals surface area contributed by atoms with Crippen molar-refractivity contribution in [3.8, 4) is 28.1 Å². The van der Waals surface area contributed by atoms with Crippen LogP contribution in [-0.2, 0) is 35.5 Å². The Bertz CT molecular complexity index is 2350. The maximum Gasteiger partial charge on any atom is 0.262 e. The minimum atomic E-state index is -0.136. The molecule has 2 amide bonds. The van der Waals surface area contributed by atoms with Crippen molar-refractivity contribution < 1.29 is 14.3 Å². The fourth-order valence-corrected chi connectivity index (χ4v) is 8.81. The molecule has 5 aromatic rings. The molecule has 284 valence electrons. The van der Waals surface area contributed by atoms with E-state index in [1.807, 2.05) is 30.3 Å². The first kappa shape index (κ1) is 37.1. The molecule has 8 rings (SSSR count). The van der Waals surface area contributed by atoms with Crippen molar-refractivity contribution in [2.45, 2.75) is 76.0 Å². The van der Waals surface area contributed by atoms with Gasteiger partial charge in [0.2, 0.25) is 17.7 Å². The highest BCUT2D eigenvalue weighted by atomic mass is 35.5. The third-order valence-corrected chi connectivity index (χ3v) is 11.8. The Hall–Kier alpha value is -4.81. The van der Waals surface area contributed by atoms with Crippen LogP contribution in [0.2, 0.25) is 10.0 Å². The van der Waals surface area contributed by atoms with Crippen LogP contribution < -0.4 is 31.6 Å². The number of rotatable bonds is 13. The fraction of sp³-hybridized carbons (Fsp3) is 0.357. The van der Waals surface area contributed by atoms with Gasteiger partial charge in [-0.2, -0.15) is 0 Å². The monoisotopic (exact) mass is 779 g/mol. The highest BCUT2D eigenvalue weighted by Gasteiger charge is 2.28. The Kier molecular flexibility index (Phi) is 10.9. The lowest BCUT2D eigenvalue weighted by Crippen LogP contribution is -2.36. The van der Waals surface area contributed by atoms with E-state index in [-0.39, 0.29) is 35.4 Å². The summed E-state index contributed by atoms with van der Waals surface area (Å²) in [6.45, 7) is 2.18. The summed E-state index contributed by atoms with van der Waals surface area (Å²) >= 11 is 14.1. The molecule has 2 fully saturated rings. The number of nitrogens with one attached hydrogen (secondary N) is 4. The molecule has 0 bridgehead atoms. The predicted octanol–water partition coefficient (Wildman–Crippen LogP) is 5.75. The molecule has 3 atom stereocenters. The summed E-state index contributed by atoms with van der Waals surface area (Å²) in [5.41, 5.74) is 8.97. The quantitative estimate of drug-likeness (QED) is 0.119. The van der Waals surface area contributed by atoms with Crippen LogP contribution in [0.3, 0.4) is 0 Å². The van der Waals surface area contributed by atoms with Gasteiger partial charge in [0.05, 0.1) is 22.8 Å². The molecule has 3 aromatic heterocycles. The molecule has 13 heteroatoms. The number of carbonyl (C=O) groups is 2. The molecule has 2 aliphatic heterocycles. The Morgan fingerprint density at radius 2 is 1.53 bits per heavy atom. The summed E-state index contributed by atoms with van der Waals surface area (Å²) in [7, 11) is 1.63. The Morgan fingerprint density at radius 3 is 2.24 bits per heavy atom. The number of amides is 2. The van der Waals surface area contributed by atoms with Gasteiger partial charge in [0, 0.05) is 85.8 Å². The number of hydrogen-bond acceptors (Lipinski definition) is 8. The smallest absolute Gasteiger partial charge is 0.262 e. The van der Waals surface area contributed by atoms with Gasteiger partial charge in [-0.3, -0.25) is 18.8 Å². The average molecular weight is 781 g/mol. The predicted molar refractivity (Wildman–Crippen MR) is 214 cm³/mol. The van der Waals surface area contributed by atoms with Crippen LogP contribution in [0.15, 0.2) is 71.8 Å². The fourth-order valence-electron chi connectivity index (χ4n) is 8.22. The summed E-state index contributed by atoms with van der Waals surface area (Å²) in [6.07, 6.45) is 8.66. The van der Waals surface area contributed by atoms with Crippen LogP contribution >= 0.6 is 23.2 Å². The van der Waals surface area contributed by atoms with Crippen molar-refractivity contribution in [2.75, 3.05) is 20.2 Å². The van der Waals surface area contributed by atoms with Crippen LogP contribution in [0.5, 0.6) is 5.88 Å². The largest absolute Gasteiger partial charge is 0.481 e. The average Bonchev–Trinajstić information content (AvgIpc) is 3.93.